The summed E-state index contributed by atoms with van der Waals surface area (Å²) in [6, 6.07) is 11.2. The van der Waals surface area contributed by atoms with Gasteiger partial charge in [-0.2, -0.15) is 0 Å². The molecule has 1 N–H and O–H groups in total. The number of ether oxygens (including phenoxy) is 1. The summed E-state index contributed by atoms with van der Waals surface area (Å²) in [4.78, 5) is 12.3. The van der Waals surface area contributed by atoms with Gasteiger partial charge in [0.25, 0.3) is 0 Å². The van der Waals surface area contributed by atoms with Crippen LogP contribution in [0.5, 0.6) is 5.75 Å². The van der Waals surface area contributed by atoms with E-state index < -0.39 is 22.5 Å². The zero-order valence-corrected chi connectivity index (χ0v) is 16.5. The molecular weight excluding hydrogens is 399 g/mol. The molecule has 2 aromatic carbocycles. The first-order valence-corrected chi connectivity index (χ1v) is 10.3. The lowest BCUT2D eigenvalue weighted by Crippen LogP contribution is -2.37. The topological polar surface area (TPSA) is 75.7 Å². The van der Waals surface area contributed by atoms with E-state index in [1.54, 1.807) is 24.3 Å². The Morgan fingerprint density at radius 3 is 2.38 bits per heavy atom. The average Bonchev–Trinajstić information content (AvgIpc) is 2.56. The summed E-state index contributed by atoms with van der Waals surface area (Å²) in [7, 11) is -3.75. The number of anilines is 2. The maximum Gasteiger partial charge on any atom is 0.245 e. The number of nitrogens with zero attached hydrogens (tertiary/aromatic N) is 1. The van der Waals surface area contributed by atoms with Crippen molar-refractivity contribution < 1.29 is 17.9 Å². The van der Waals surface area contributed by atoms with Crippen molar-refractivity contribution in [3.05, 3.63) is 52.5 Å². The molecule has 6 nitrogen and oxygen atoms in total. The summed E-state index contributed by atoms with van der Waals surface area (Å²) in [6.07, 6.45) is 0.994. The van der Waals surface area contributed by atoms with Gasteiger partial charge in [0.2, 0.25) is 15.9 Å². The summed E-state index contributed by atoms with van der Waals surface area (Å²) in [5.74, 6) is 0.157. The van der Waals surface area contributed by atoms with Gasteiger partial charge in [-0.25, -0.2) is 8.42 Å². The van der Waals surface area contributed by atoms with Crippen molar-refractivity contribution in [2.75, 3.05) is 29.0 Å². The Labute approximate surface area is 162 Å². The Balaban J connectivity index is 2.18. The van der Waals surface area contributed by atoms with Gasteiger partial charge in [0.1, 0.15) is 12.3 Å². The first kappa shape index (κ1) is 20.4. The van der Waals surface area contributed by atoms with Gasteiger partial charge in [-0.05, 0) is 49.4 Å². The zero-order chi connectivity index (χ0) is 19.3. The molecule has 0 bridgehead atoms. The number of sulfonamides is 1. The molecule has 26 heavy (non-hydrogen) atoms. The standard InChI is InChI=1S/C17H18Cl2N2O4S/c1-3-25-14-7-5-13(6-8-14)20-17(22)11-21(26(2,23)24)16-10-12(18)4-9-15(16)19/h4-10H,3,11H2,1-2H3,(H,20,22). The smallest absolute Gasteiger partial charge is 0.245 e. The van der Waals surface area contributed by atoms with Gasteiger partial charge >= 0.3 is 0 Å². The van der Waals surface area contributed by atoms with Crippen molar-refractivity contribution in [3.8, 4) is 5.75 Å². The molecule has 0 spiro atoms. The van der Waals surface area contributed by atoms with Gasteiger partial charge in [0.05, 0.1) is 23.6 Å². The van der Waals surface area contributed by atoms with E-state index in [0.29, 0.717) is 23.1 Å². The van der Waals surface area contributed by atoms with Gasteiger partial charge < -0.3 is 10.1 Å². The zero-order valence-electron chi connectivity index (χ0n) is 14.2. The third-order valence-corrected chi connectivity index (χ3v) is 4.99. The summed E-state index contributed by atoms with van der Waals surface area (Å²) < 4.78 is 30.5. The molecule has 2 aromatic rings. The third kappa shape index (κ3) is 5.52. The van der Waals surface area contributed by atoms with Gasteiger partial charge in [-0.3, -0.25) is 9.10 Å². The molecule has 0 saturated carbocycles. The monoisotopic (exact) mass is 416 g/mol. The lowest BCUT2D eigenvalue weighted by Gasteiger charge is -2.23. The minimum Gasteiger partial charge on any atom is -0.494 e. The molecule has 0 aliphatic heterocycles. The van der Waals surface area contributed by atoms with E-state index >= 15 is 0 Å². The summed E-state index contributed by atoms with van der Waals surface area (Å²) >= 11 is 12.0. The highest BCUT2D eigenvalue weighted by molar-refractivity contribution is 7.92. The van der Waals surface area contributed by atoms with Crippen LogP contribution in [0.2, 0.25) is 10.0 Å². The van der Waals surface area contributed by atoms with E-state index in [-0.39, 0.29) is 10.7 Å². The number of nitrogens with one attached hydrogen (secondary N) is 1. The van der Waals surface area contributed by atoms with Gasteiger partial charge in [-0.15, -0.1) is 0 Å². The molecule has 9 heteroatoms. The number of carbonyl (C=O) groups is 1. The molecule has 0 aliphatic carbocycles. The van der Waals surface area contributed by atoms with E-state index in [4.69, 9.17) is 27.9 Å². The fraction of sp³-hybridized carbons (Fsp3) is 0.235. The second-order valence-electron chi connectivity index (χ2n) is 5.37. The minimum atomic E-state index is -3.75. The Morgan fingerprint density at radius 2 is 1.81 bits per heavy atom. The van der Waals surface area contributed by atoms with Gasteiger partial charge in [0, 0.05) is 10.7 Å². The fourth-order valence-electron chi connectivity index (χ4n) is 2.19. The third-order valence-electron chi connectivity index (χ3n) is 3.31. The molecule has 0 radical (unpaired) electrons. The number of hydrogen-bond donors (Lipinski definition) is 1. The number of amides is 1. The first-order chi connectivity index (χ1) is 12.2. The van der Waals surface area contributed by atoms with E-state index in [9.17, 15) is 13.2 Å². The molecular formula is C17H18Cl2N2O4S. The fourth-order valence-corrected chi connectivity index (χ4v) is 3.49. The summed E-state index contributed by atoms with van der Waals surface area (Å²) in [6.45, 7) is 1.97. The molecule has 2 rings (SSSR count). The SMILES string of the molecule is CCOc1ccc(NC(=O)CN(c2cc(Cl)ccc2Cl)S(C)(=O)=O)cc1. The first-order valence-electron chi connectivity index (χ1n) is 7.66. The second-order valence-corrected chi connectivity index (χ2v) is 8.12. The van der Waals surface area contributed by atoms with Crippen LogP contribution in [-0.4, -0.2) is 33.7 Å². The van der Waals surface area contributed by atoms with Crippen LogP contribution in [0.1, 0.15) is 6.92 Å². The molecule has 0 unspecified atom stereocenters. The summed E-state index contributed by atoms with van der Waals surface area (Å²) in [5.41, 5.74) is 0.660. The van der Waals surface area contributed by atoms with E-state index in [1.807, 2.05) is 6.92 Å². The molecule has 0 fully saturated rings. The van der Waals surface area contributed by atoms with Crippen LogP contribution >= 0.6 is 23.2 Å². The van der Waals surface area contributed by atoms with Crippen molar-refractivity contribution in [2.24, 2.45) is 0 Å². The number of carbonyl (C=O) groups excluding carboxylic acids is 1. The largest absolute Gasteiger partial charge is 0.494 e. The van der Waals surface area contributed by atoms with Crippen molar-refractivity contribution in [3.63, 3.8) is 0 Å². The van der Waals surface area contributed by atoms with Crippen molar-refractivity contribution >= 4 is 50.5 Å². The Morgan fingerprint density at radius 1 is 1.15 bits per heavy atom. The van der Waals surface area contributed by atoms with Crippen LogP contribution < -0.4 is 14.4 Å². The minimum absolute atomic E-state index is 0.142. The Bertz CT molecular complexity index is 886. The van der Waals surface area contributed by atoms with Crippen molar-refractivity contribution in [1.82, 2.24) is 0 Å². The van der Waals surface area contributed by atoms with Crippen LogP contribution in [0.25, 0.3) is 0 Å². The Hall–Kier alpha value is -1.96. The highest BCUT2D eigenvalue weighted by atomic mass is 35.5. The molecule has 0 saturated heterocycles. The maximum atomic E-state index is 12.3. The lowest BCUT2D eigenvalue weighted by molar-refractivity contribution is -0.114. The molecule has 0 aliphatic rings. The number of hydrogen-bond acceptors (Lipinski definition) is 4. The number of benzene rings is 2. The predicted molar refractivity (Wildman–Crippen MR) is 105 cm³/mol. The van der Waals surface area contributed by atoms with Gasteiger partial charge in [-0.1, -0.05) is 23.2 Å². The van der Waals surface area contributed by atoms with Crippen LogP contribution in [0.3, 0.4) is 0 Å². The summed E-state index contributed by atoms with van der Waals surface area (Å²) in [5, 5.41) is 3.13. The van der Waals surface area contributed by atoms with Crippen molar-refractivity contribution in [2.45, 2.75) is 6.92 Å². The molecule has 0 heterocycles. The average molecular weight is 417 g/mol. The maximum absolute atomic E-state index is 12.3. The molecule has 0 atom stereocenters. The quantitative estimate of drug-likeness (QED) is 0.744. The van der Waals surface area contributed by atoms with Crippen LogP contribution in [0.15, 0.2) is 42.5 Å². The van der Waals surface area contributed by atoms with E-state index in [0.717, 1.165) is 10.6 Å². The normalized spacial score (nSPS) is 11.1. The van der Waals surface area contributed by atoms with Crippen molar-refractivity contribution in [1.29, 1.82) is 0 Å². The van der Waals surface area contributed by atoms with E-state index in [1.165, 1.54) is 18.2 Å². The predicted octanol–water partition coefficient (Wildman–Crippen LogP) is 3.80. The second kappa shape index (κ2) is 8.62. The highest BCUT2D eigenvalue weighted by Gasteiger charge is 2.23. The lowest BCUT2D eigenvalue weighted by atomic mass is 10.3. The van der Waals surface area contributed by atoms with Crippen LogP contribution in [0, 0.1) is 0 Å². The highest BCUT2D eigenvalue weighted by Crippen LogP contribution is 2.30. The van der Waals surface area contributed by atoms with Crippen LogP contribution in [-0.2, 0) is 14.8 Å². The Kier molecular flexibility index (Phi) is 6.75. The molecule has 0 aromatic heterocycles. The van der Waals surface area contributed by atoms with Gasteiger partial charge in [0.15, 0.2) is 0 Å². The molecule has 1 amide bonds. The van der Waals surface area contributed by atoms with E-state index in [2.05, 4.69) is 5.32 Å². The number of rotatable bonds is 7. The van der Waals surface area contributed by atoms with Crippen LogP contribution in [0.4, 0.5) is 11.4 Å². The molecule has 140 valence electrons. The number of halogens is 2.